The van der Waals surface area contributed by atoms with Gasteiger partial charge in [0.05, 0.1) is 7.11 Å². The molecule has 18 heavy (non-hydrogen) atoms. The Kier molecular flexibility index (Phi) is 3.02. The van der Waals surface area contributed by atoms with Gasteiger partial charge in [-0.15, -0.1) is 0 Å². The molecule has 0 bridgehead atoms. The number of aliphatic carboxylic acids is 1. The molecular weight excluding hydrogens is 236 g/mol. The molecule has 1 heterocycles. The molecule has 0 aliphatic carbocycles. The molecule has 0 radical (unpaired) electrons. The zero-order valence-corrected chi connectivity index (χ0v) is 9.39. The van der Waals surface area contributed by atoms with Gasteiger partial charge < -0.3 is 14.3 Å². The van der Waals surface area contributed by atoms with Crippen molar-refractivity contribution in [1.29, 1.82) is 0 Å². The van der Waals surface area contributed by atoms with Gasteiger partial charge in [-0.3, -0.25) is 0 Å². The number of carbonyl (C=O) groups is 1. The van der Waals surface area contributed by atoms with Crippen LogP contribution >= 0.6 is 0 Å². The lowest BCUT2D eigenvalue weighted by Crippen LogP contribution is -2.04. The van der Waals surface area contributed by atoms with Crippen molar-refractivity contribution in [2.45, 2.75) is 0 Å². The summed E-state index contributed by atoms with van der Waals surface area (Å²) in [5.74, 6) is 3.38. The molecular formula is C13H8O5. The van der Waals surface area contributed by atoms with E-state index >= 15 is 0 Å². The van der Waals surface area contributed by atoms with Crippen molar-refractivity contribution in [2.75, 3.05) is 7.11 Å². The molecule has 5 heteroatoms. The highest BCUT2D eigenvalue weighted by Crippen LogP contribution is 2.19. The molecule has 0 spiro atoms. The largest absolute Gasteiger partial charge is 0.497 e. The molecule has 0 fully saturated rings. The predicted octanol–water partition coefficient (Wildman–Crippen LogP) is 1.24. The Morgan fingerprint density at radius 1 is 1.39 bits per heavy atom. The lowest BCUT2D eigenvalue weighted by atomic mass is 10.2. The maximum atomic E-state index is 11.5. The molecule has 1 N–H and O–H groups in total. The van der Waals surface area contributed by atoms with Gasteiger partial charge in [0.1, 0.15) is 16.9 Å². The molecule has 2 rings (SSSR count). The molecule has 0 amide bonds. The first kappa shape index (κ1) is 11.7. The molecule has 1 aromatic carbocycles. The van der Waals surface area contributed by atoms with Crippen LogP contribution in [0.5, 0.6) is 5.75 Å². The zero-order valence-electron chi connectivity index (χ0n) is 9.39. The Labute approximate surface area is 102 Å². The summed E-state index contributed by atoms with van der Waals surface area (Å²) in [7, 11) is 1.51. The van der Waals surface area contributed by atoms with Crippen LogP contribution in [0.1, 0.15) is 5.56 Å². The maximum absolute atomic E-state index is 11.5. The van der Waals surface area contributed by atoms with Crippen molar-refractivity contribution in [1.82, 2.24) is 0 Å². The van der Waals surface area contributed by atoms with Crippen molar-refractivity contribution in [3.8, 4) is 17.6 Å². The summed E-state index contributed by atoms with van der Waals surface area (Å²) in [6.45, 7) is 0. The number of ether oxygens (including phenoxy) is 1. The minimum absolute atomic E-state index is 0.00932. The van der Waals surface area contributed by atoms with Crippen molar-refractivity contribution in [2.24, 2.45) is 0 Å². The minimum atomic E-state index is -1.30. The first-order chi connectivity index (χ1) is 8.60. The molecule has 0 unspecified atom stereocenters. The quantitative estimate of drug-likeness (QED) is 0.603. The Balaban J connectivity index is 2.61. The third-order valence-electron chi connectivity index (χ3n) is 2.25. The van der Waals surface area contributed by atoms with E-state index in [1.807, 2.05) is 5.92 Å². The van der Waals surface area contributed by atoms with Crippen molar-refractivity contribution >= 4 is 16.9 Å². The number of hydrogen-bond donors (Lipinski definition) is 1. The molecule has 0 aliphatic heterocycles. The highest BCUT2D eigenvalue weighted by atomic mass is 16.5. The fraction of sp³-hybridized carbons (Fsp3) is 0.0769. The van der Waals surface area contributed by atoms with Crippen molar-refractivity contribution in [3.63, 3.8) is 0 Å². The van der Waals surface area contributed by atoms with Gasteiger partial charge >= 0.3 is 11.6 Å². The lowest BCUT2D eigenvalue weighted by molar-refractivity contribution is -0.130. The summed E-state index contributed by atoms with van der Waals surface area (Å²) >= 11 is 0. The fourth-order valence-electron chi connectivity index (χ4n) is 1.43. The number of carboxylic acids is 1. The summed E-state index contributed by atoms with van der Waals surface area (Å²) in [5.41, 5.74) is -0.306. The van der Waals surface area contributed by atoms with Crippen LogP contribution in [0.25, 0.3) is 11.0 Å². The molecule has 0 aliphatic rings. The van der Waals surface area contributed by atoms with Crippen LogP contribution in [-0.2, 0) is 4.79 Å². The van der Waals surface area contributed by atoms with Crippen molar-refractivity contribution < 1.29 is 19.1 Å². The van der Waals surface area contributed by atoms with Crippen LogP contribution in [0.2, 0.25) is 0 Å². The van der Waals surface area contributed by atoms with Gasteiger partial charge in [0.15, 0.2) is 0 Å². The number of hydrogen-bond acceptors (Lipinski definition) is 4. The SMILES string of the molecule is COc1ccc2cc(C#CC(=O)O)c(=O)oc2c1. The van der Waals surface area contributed by atoms with E-state index in [0.717, 1.165) is 0 Å². The Hall–Kier alpha value is -2.74. The van der Waals surface area contributed by atoms with Crippen LogP contribution in [0, 0.1) is 11.8 Å². The second-order valence-electron chi connectivity index (χ2n) is 3.41. The van der Waals surface area contributed by atoms with Crippen LogP contribution < -0.4 is 10.4 Å². The van der Waals surface area contributed by atoms with Gasteiger partial charge in [0, 0.05) is 17.4 Å². The van der Waals surface area contributed by atoms with Gasteiger partial charge in [0.2, 0.25) is 0 Å². The van der Waals surface area contributed by atoms with E-state index in [9.17, 15) is 9.59 Å². The first-order valence-electron chi connectivity index (χ1n) is 4.97. The van der Waals surface area contributed by atoms with E-state index in [1.165, 1.54) is 13.2 Å². The number of rotatable bonds is 1. The molecule has 1 aromatic heterocycles. The van der Waals surface area contributed by atoms with Crippen LogP contribution in [0.15, 0.2) is 33.5 Å². The number of carboxylic acid groups (broad SMARTS) is 1. The first-order valence-corrected chi connectivity index (χ1v) is 4.97. The molecule has 5 nitrogen and oxygen atoms in total. The molecule has 90 valence electrons. The third-order valence-corrected chi connectivity index (χ3v) is 2.25. The monoisotopic (exact) mass is 244 g/mol. The smallest absolute Gasteiger partial charge is 0.382 e. The summed E-state index contributed by atoms with van der Waals surface area (Å²) < 4.78 is 10.0. The van der Waals surface area contributed by atoms with Gasteiger partial charge in [-0.25, -0.2) is 9.59 Å². The minimum Gasteiger partial charge on any atom is -0.497 e. The lowest BCUT2D eigenvalue weighted by Gasteiger charge is -2.01. The Morgan fingerprint density at radius 3 is 2.83 bits per heavy atom. The van der Waals surface area contributed by atoms with Gasteiger partial charge in [-0.05, 0) is 24.1 Å². The normalized spacial score (nSPS) is 9.61. The average Bonchev–Trinajstić information content (AvgIpc) is 2.35. The summed E-state index contributed by atoms with van der Waals surface area (Å²) in [5, 5.41) is 9.07. The van der Waals surface area contributed by atoms with E-state index in [-0.39, 0.29) is 5.56 Å². The second-order valence-corrected chi connectivity index (χ2v) is 3.41. The van der Waals surface area contributed by atoms with E-state index in [2.05, 4.69) is 5.92 Å². The molecule has 0 saturated heterocycles. The standard InChI is InChI=1S/C13H8O5/c1-17-10-4-2-8-6-9(3-5-12(14)15)13(16)18-11(8)7-10/h2,4,6-7H,1H3,(H,14,15). The van der Waals surface area contributed by atoms with E-state index in [4.69, 9.17) is 14.3 Å². The highest BCUT2D eigenvalue weighted by molar-refractivity contribution is 5.87. The van der Waals surface area contributed by atoms with Crippen LogP contribution in [0.3, 0.4) is 0 Å². The van der Waals surface area contributed by atoms with Crippen molar-refractivity contribution in [3.05, 3.63) is 40.2 Å². The predicted molar refractivity (Wildman–Crippen MR) is 63.5 cm³/mol. The topological polar surface area (TPSA) is 76.7 Å². The third kappa shape index (κ3) is 2.33. The van der Waals surface area contributed by atoms with Gasteiger partial charge in [0.25, 0.3) is 0 Å². The van der Waals surface area contributed by atoms with E-state index < -0.39 is 11.6 Å². The average molecular weight is 244 g/mol. The summed E-state index contributed by atoms with van der Waals surface area (Å²) in [4.78, 5) is 21.9. The van der Waals surface area contributed by atoms with E-state index in [1.54, 1.807) is 18.2 Å². The fourth-order valence-corrected chi connectivity index (χ4v) is 1.43. The highest BCUT2D eigenvalue weighted by Gasteiger charge is 2.04. The van der Waals surface area contributed by atoms with Crippen LogP contribution in [-0.4, -0.2) is 18.2 Å². The van der Waals surface area contributed by atoms with Gasteiger partial charge in [-0.2, -0.15) is 0 Å². The Morgan fingerprint density at radius 2 is 2.17 bits per heavy atom. The molecule has 2 aromatic rings. The maximum Gasteiger partial charge on any atom is 0.382 e. The number of benzene rings is 1. The van der Waals surface area contributed by atoms with Gasteiger partial charge in [-0.1, -0.05) is 0 Å². The number of fused-ring (bicyclic) bond motifs is 1. The van der Waals surface area contributed by atoms with E-state index in [0.29, 0.717) is 16.7 Å². The summed E-state index contributed by atoms with van der Waals surface area (Å²) in [6.07, 6.45) is 0. The molecule has 0 saturated carbocycles. The number of methoxy groups -OCH3 is 1. The second kappa shape index (κ2) is 4.63. The Bertz CT molecular complexity index is 730. The summed E-state index contributed by atoms with van der Waals surface area (Å²) in [6, 6.07) is 6.46. The molecule has 0 atom stereocenters. The van der Waals surface area contributed by atoms with Crippen LogP contribution in [0.4, 0.5) is 0 Å². The zero-order chi connectivity index (χ0) is 13.1.